The van der Waals surface area contributed by atoms with Gasteiger partial charge in [-0.05, 0) is 19.4 Å². The first-order valence-electron chi connectivity index (χ1n) is 6.10. The first-order chi connectivity index (χ1) is 8.12. The van der Waals surface area contributed by atoms with Crippen LogP contribution in [0, 0.1) is 6.92 Å². The molecular formula is C12H24N4O. The second kappa shape index (κ2) is 6.74. The van der Waals surface area contributed by atoms with Gasteiger partial charge in [0.25, 0.3) is 0 Å². The fourth-order valence-electron chi connectivity index (χ4n) is 2.15. The van der Waals surface area contributed by atoms with Gasteiger partial charge in [-0.2, -0.15) is 5.10 Å². The van der Waals surface area contributed by atoms with Crippen molar-refractivity contribution in [2.45, 2.75) is 45.3 Å². The van der Waals surface area contributed by atoms with Crippen LogP contribution in [-0.4, -0.2) is 29.0 Å². The van der Waals surface area contributed by atoms with Crippen molar-refractivity contribution in [3.05, 3.63) is 17.5 Å². The number of aromatic nitrogens is 2. The van der Waals surface area contributed by atoms with Crippen LogP contribution in [0.4, 0.5) is 0 Å². The number of hydrogen-bond donors (Lipinski definition) is 2. The first-order valence-corrected chi connectivity index (χ1v) is 6.10. The molecule has 5 nitrogen and oxygen atoms in total. The van der Waals surface area contributed by atoms with Crippen LogP contribution in [0.1, 0.15) is 31.2 Å². The Bertz CT molecular complexity index is 337. The average molecular weight is 240 g/mol. The number of nitrogens with one attached hydrogen (secondary N) is 1. The number of hydrazine groups is 1. The molecule has 5 heteroatoms. The third-order valence-corrected chi connectivity index (χ3v) is 3.07. The molecule has 0 aliphatic heterocycles. The van der Waals surface area contributed by atoms with E-state index in [2.05, 4.69) is 23.5 Å². The molecule has 0 amide bonds. The molecule has 0 aliphatic rings. The van der Waals surface area contributed by atoms with E-state index < -0.39 is 0 Å². The molecule has 0 fully saturated rings. The quantitative estimate of drug-likeness (QED) is 0.549. The molecule has 1 rings (SSSR count). The largest absolute Gasteiger partial charge is 0.380 e. The van der Waals surface area contributed by atoms with Gasteiger partial charge in [0.2, 0.25) is 0 Å². The molecule has 1 aromatic rings. The van der Waals surface area contributed by atoms with Crippen molar-refractivity contribution in [3.63, 3.8) is 0 Å². The summed E-state index contributed by atoms with van der Waals surface area (Å²) in [4.78, 5) is 0. The minimum atomic E-state index is 0.120. The normalized spacial score (nSPS) is 14.9. The Labute approximate surface area is 103 Å². The zero-order chi connectivity index (χ0) is 12.8. The fraction of sp³-hybridized carbons (Fsp3) is 0.750. The Morgan fingerprint density at radius 3 is 2.71 bits per heavy atom. The molecule has 2 unspecified atom stereocenters. The molecular weight excluding hydrogens is 216 g/mol. The summed E-state index contributed by atoms with van der Waals surface area (Å²) < 4.78 is 7.39. The van der Waals surface area contributed by atoms with Gasteiger partial charge < -0.3 is 4.74 Å². The predicted octanol–water partition coefficient (Wildman–Crippen LogP) is 0.918. The van der Waals surface area contributed by atoms with E-state index in [0.29, 0.717) is 0 Å². The fourth-order valence-corrected chi connectivity index (χ4v) is 2.15. The highest BCUT2D eigenvalue weighted by molar-refractivity contribution is 5.10. The molecule has 0 bridgehead atoms. The van der Waals surface area contributed by atoms with Gasteiger partial charge in [-0.15, -0.1) is 0 Å². The maximum Gasteiger partial charge on any atom is 0.0741 e. The number of methoxy groups -OCH3 is 1. The SMILES string of the molecule is CCCC(OC)C(Cc1cc(C)nn1C)NN. The monoisotopic (exact) mass is 240 g/mol. The standard InChI is InChI=1S/C12H24N4O/c1-5-6-12(17-4)11(14-13)8-10-7-9(2)15-16(10)3/h7,11-12,14H,5-6,8,13H2,1-4H3. The predicted molar refractivity (Wildman–Crippen MR) is 68.5 cm³/mol. The summed E-state index contributed by atoms with van der Waals surface area (Å²) in [5, 5.41) is 4.34. The topological polar surface area (TPSA) is 65.1 Å². The number of rotatable bonds is 7. The highest BCUT2D eigenvalue weighted by Crippen LogP contribution is 2.12. The Hall–Kier alpha value is -0.910. The molecule has 0 spiro atoms. The molecule has 0 radical (unpaired) electrons. The van der Waals surface area contributed by atoms with Crippen LogP contribution in [0.2, 0.25) is 0 Å². The number of aryl methyl sites for hydroxylation is 2. The molecule has 2 atom stereocenters. The summed E-state index contributed by atoms with van der Waals surface area (Å²) >= 11 is 0. The maximum absolute atomic E-state index is 5.62. The van der Waals surface area contributed by atoms with Crippen molar-refractivity contribution in [2.24, 2.45) is 12.9 Å². The van der Waals surface area contributed by atoms with E-state index in [1.54, 1.807) is 7.11 Å². The van der Waals surface area contributed by atoms with Gasteiger partial charge in [0.1, 0.15) is 0 Å². The smallest absolute Gasteiger partial charge is 0.0741 e. The Morgan fingerprint density at radius 2 is 2.29 bits per heavy atom. The molecule has 0 saturated carbocycles. The highest BCUT2D eigenvalue weighted by atomic mass is 16.5. The lowest BCUT2D eigenvalue weighted by Gasteiger charge is -2.25. The maximum atomic E-state index is 5.62. The van der Waals surface area contributed by atoms with Gasteiger partial charge in [-0.1, -0.05) is 13.3 Å². The summed E-state index contributed by atoms with van der Waals surface area (Å²) in [5.74, 6) is 5.62. The zero-order valence-electron chi connectivity index (χ0n) is 11.2. The molecule has 0 aromatic carbocycles. The van der Waals surface area contributed by atoms with Gasteiger partial charge in [-0.25, -0.2) is 0 Å². The number of nitrogens with two attached hydrogens (primary N) is 1. The minimum Gasteiger partial charge on any atom is -0.380 e. The summed E-state index contributed by atoms with van der Waals surface area (Å²) in [6, 6.07) is 2.21. The van der Waals surface area contributed by atoms with Crippen LogP contribution in [0.5, 0.6) is 0 Å². The van der Waals surface area contributed by atoms with Crippen LogP contribution < -0.4 is 11.3 Å². The van der Waals surface area contributed by atoms with E-state index in [9.17, 15) is 0 Å². The van der Waals surface area contributed by atoms with Gasteiger partial charge in [0.05, 0.1) is 17.8 Å². The zero-order valence-corrected chi connectivity index (χ0v) is 11.2. The summed E-state index contributed by atoms with van der Waals surface area (Å²) in [5.41, 5.74) is 5.06. The van der Waals surface area contributed by atoms with Crippen molar-refractivity contribution in [2.75, 3.05) is 7.11 Å². The number of ether oxygens (including phenoxy) is 1. The van der Waals surface area contributed by atoms with E-state index in [-0.39, 0.29) is 12.1 Å². The second-order valence-electron chi connectivity index (χ2n) is 4.44. The van der Waals surface area contributed by atoms with E-state index in [1.807, 2.05) is 18.7 Å². The van der Waals surface area contributed by atoms with E-state index in [4.69, 9.17) is 10.6 Å². The molecule has 3 N–H and O–H groups in total. The average Bonchev–Trinajstić information content (AvgIpc) is 2.62. The highest BCUT2D eigenvalue weighted by Gasteiger charge is 2.21. The van der Waals surface area contributed by atoms with Crippen LogP contribution in [-0.2, 0) is 18.2 Å². The first kappa shape index (κ1) is 14.2. The van der Waals surface area contributed by atoms with Crippen LogP contribution >= 0.6 is 0 Å². The van der Waals surface area contributed by atoms with Crippen molar-refractivity contribution >= 4 is 0 Å². The van der Waals surface area contributed by atoms with Gasteiger partial charge >= 0.3 is 0 Å². The summed E-state index contributed by atoms with van der Waals surface area (Å²) in [6.45, 7) is 4.14. The Kier molecular flexibility index (Phi) is 5.61. The summed E-state index contributed by atoms with van der Waals surface area (Å²) in [6.07, 6.45) is 3.05. The van der Waals surface area contributed by atoms with Crippen LogP contribution in [0.25, 0.3) is 0 Å². The van der Waals surface area contributed by atoms with E-state index in [1.165, 1.54) is 5.69 Å². The van der Waals surface area contributed by atoms with Crippen LogP contribution in [0.3, 0.4) is 0 Å². The second-order valence-corrected chi connectivity index (χ2v) is 4.44. The number of nitrogens with zero attached hydrogens (tertiary/aromatic N) is 2. The van der Waals surface area contributed by atoms with Gasteiger partial charge in [0.15, 0.2) is 0 Å². The molecule has 17 heavy (non-hydrogen) atoms. The van der Waals surface area contributed by atoms with E-state index in [0.717, 1.165) is 25.0 Å². The molecule has 1 heterocycles. The minimum absolute atomic E-state index is 0.120. The van der Waals surface area contributed by atoms with Gasteiger partial charge in [-0.3, -0.25) is 16.0 Å². The molecule has 98 valence electrons. The molecule has 1 aromatic heterocycles. The summed E-state index contributed by atoms with van der Waals surface area (Å²) in [7, 11) is 3.69. The Morgan fingerprint density at radius 1 is 1.59 bits per heavy atom. The van der Waals surface area contributed by atoms with Crippen molar-refractivity contribution in [3.8, 4) is 0 Å². The third-order valence-electron chi connectivity index (χ3n) is 3.07. The lowest BCUT2D eigenvalue weighted by atomic mass is 10.0. The van der Waals surface area contributed by atoms with Crippen molar-refractivity contribution in [1.29, 1.82) is 0 Å². The third kappa shape index (κ3) is 3.80. The lowest BCUT2D eigenvalue weighted by molar-refractivity contribution is 0.0603. The van der Waals surface area contributed by atoms with Gasteiger partial charge in [0, 0.05) is 26.3 Å². The lowest BCUT2D eigenvalue weighted by Crippen LogP contribution is -2.46. The molecule has 0 aliphatic carbocycles. The van der Waals surface area contributed by atoms with Crippen LogP contribution in [0.15, 0.2) is 6.07 Å². The van der Waals surface area contributed by atoms with Crippen molar-refractivity contribution < 1.29 is 4.74 Å². The van der Waals surface area contributed by atoms with Crippen molar-refractivity contribution in [1.82, 2.24) is 15.2 Å². The Balaban J connectivity index is 2.71. The number of hydrogen-bond acceptors (Lipinski definition) is 4. The molecule has 0 saturated heterocycles. The van der Waals surface area contributed by atoms with E-state index >= 15 is 0 Å².